The average molecular weight is 474 g/mol. The fourth-order valence-electron chi connectivity index (χ4n) is 2.94. The van der Waals surface area contributed by atoms with Crippen molar-refractivity contribution in [2.75, 3.05) is 6.61 Å². The van der Waals surface area contributed by atoms with Gasteiger partial charge in [0.1, 0.15) is 12.7 Å². The molecule has 0 saturated carbocycles. The van der Waals surface area contributed by atoms with Crippen molar-refractivity contribution < 1.29 is 52.3 Å². The molecule has 15 heteroatoms. The molecule has 5 atom stereocenters. The summed E-state index contributed by atoms with van der Waals surface area (Å²) >= 11 is 0. The number of alkyl halides is 1. The minimum atomic E-state index is -2.33. The molecule has 0 N–H and O–H groups in total. The van der Waals surface area contributed by atoms with Crippen molar-refractivity contribution in [3.63, 3.8) is 0 Å². The van der Waals surface area contributed by atoms with Gasteiger partial charge in [0.15, 0.2) is 12.2 Å². The highest BCUT2D eigenvalue weighted by atomic mass is 19.1. The lowest BCUT2D eigenvalue weighted by atomic mass is 9.99. The number of hydrogen-bond acceptors (Lipinski definition) is 12. The number of nitro benzene ring substituents is 2. The maximum absolute atomic E-state index is 15.3. The second-order valence-electron chi connectivity index (χ2n) is 6.72. The zero-order valence-corrected chi connectivity index (χ0v) is 17.5. The Bertz CT molecular complexity index is 954. The average Bonchev–Trinajstić information content (AvgIpc) is 2.70. The summed E-state index contributed by atoms with van der Waals surface area (Å²) in [5, 5.41) is 22.2. The van der Waals surface area contributed by atoms with E-state index in [1.165, 1.54) is 0 Å². The molecular weight excluding hydrogens is 455 g/mol. The molecule has 3 unspecified atom stereocenters. The molecule has 1 fully saturated rings. The predicted molar refractivity (Wildman–Crippen MR) is 102 cm³/mol. The van der Waals surface area contributed by atoms with Crippen LogP contribution in [0.4, 0.5) is 15.8 Å². The minimum absolute atomic E-state index is 0.569. The molecule has 1 saturated heterocycles. The van der Waals surface area contributed by atoms with E-state index in [0.717, 1.165) is 32.9 Å². The van der Waals surface area contributed by atoms with Crippen molar-refractivity contribution in [3.8, 4) is 5.75 Å². The number of hydrogen-bond donors (Lipinski definition) is 0. The van der Waals surface area contributed by atoms with Crippen molar-refractivity contribution in [3.05, 3.63) is 38.4 Å². The highest BCUT2D eigenvalue weighted by Gasteiger charge is 2.52. The molecule has 0 radical (unpaired) electrons. The van der Waals surface area contributed by atoms with Gasteiger partial charge < -0.3 is 23.7 Å². The SMILES string of the molecule is CC(=O)OCC1O[C@@H](Oc2ccc([N+](=O)[O-])cc2[N+](=O)[O-])C(F)C(OC(C)=O)[C@H]1OC(C)=O. The zero-order valence-electron chi connectivity index (χ0n) is 17.5. The highest BCUT2D eigenvalue weighted by molar-refractivity contribution is 5.68. The van der Waals surface area contributed by atoms with Gasteiger partial charge in [-0.05, 0) is 6.07 Å². The van der Waals surface area contributed by atoms with E-state index in [4.69, 9.17) is 23.7 Å². The molecule has 33 heavy (non-hydrogen) atoms. The Morgan fingerprint density at radius 1 is 1.00 bits per heavy atom. The second kappa shape index (κ2) is 10.6. The Hall–Kier alpha value is -3.88. The third kappa shape index (κ3) is 6.55. The smallest absolute Gasteiger partial charge is 0.317 e. The van der Waals surface area contributed by atoms with E-state index in [9.17, 15) is 34.6 Å². The lowest BCUT2D eigenvalue weighted by Gasteiger charge is -2.41. The number of halogens is 1. The lowest BCUT2D eigenvalue weighted by molar-refractivity contribution is -0.395. The van der Waals surface area contributed by atoms with Gasteiger partial charge >= 0.3 is 23.6 Å². The van der Waals surface area contributed by atoms with Crippen molar-refractivity contribution in [1.82, 2.24) is 0 Å². The largest absolute Gasteiger partial charge is 0.463 e. The molecule has 0 spiro atoms. The minimum Gasteiger partial charge on any atom is -0.463 e. The van der Waals surface area contributed by atoms with Crippen LogP contribution in [0.15, 0.2) is 18.2 Å². The Morgan fingerprint density at radius 3 is 2.12 bits per heavy atom. The number of rotatable bonds is 8. The molecule has 1 aromatic rings. The van der Waals surface area contributed by atoms with Gasteiger partial charge in [-0.15, -0.1) is 0 Å². The van der Waals surface area contributed by atoms with Crippen LogP contribution >= 0.6 is 0 Å². The quantitative estimate of drug-likeness (QED) is 0.228. The molecule has 180 valence electrons. The molecule has 0 amide bonds. The van der Waals surface area contributed by atoms with Crippen LogP contribution in [0.3, 0.4) is 0 Å². The summed E-state index contributed by atoms with van der Waals surface area (Å²) < 4.78 is 40.7. The summed E-state index contributed by atoms with van der Waals surface area (Å²) in [5.41, 5.74) is -1.47. The summed E-state index contributed by atoms with van der Waals surface area (Å²) in [7, 11) is 0. The maximum Gasteiger partial charge on any atom is 0.317 e. The summed E-state index contributed by atoms with van der Waals surface area (Å²) in [4.78, 5) is 54.6. The van der Waals surface area contributed by atoms with Crippen molar-refractivity contribution in [2.45, 2.75) is 51.5 Å². The van der Waals surface area contributed by atoms with E-state index in [0.29, 0.717) is 6.07 Å². The van der Waals surface area contributed by atoms with E-state index < -0.39 is 82.3 Å². The number of benzene rings is 1. The van der Waals surface area contributed by atoms with Gasteiger partial charge in [0.25, 0.3) is 5.69 Å². The Morgan fingerprint density at radius 2 is 1.61 bits per heavy atom. The molecule has 1 aliphatic rings. The van der Waals surface area contributed by atoms with Gasteiger partial charge in [0.05, 0.1) is 15.9 Å². The topological polar surface area (TPSA) is 184 Å². The molecule has 1 heterocycles. The number of carbonyl (C=O) groups is 3. The Kier molecular flexibility index (Phi) is 8.17. The predicted octanol–water partition coefficient (Wildman–Crippen LogP) is 1.37. The van der Waals surface area contributed by atoms with Gasteiger partial charge in [-0.25, -0.2) is 4.39 Å². The lowest BCUT2D eigenvalue weighted by Crippen LogP contribution is -2.61. The fourth-order valence-corrected chi connectivity index (χ4v) is 2.94. The number of nitrogens with zero attached hydrogens (tertiary/aromatic N) is 2. The van der Waals surface area contributed by atoms with Crippen LogP contribution in [0.25, 0.3) is 0 Å². The molecule has 0 bridgehead atoms. The van der Waals surface area contributed by atoms with Crippen LogP contribution in [0.2, 0.25) is 0 Å². The van der Waals surface area contributed by atoms with Gasteiger partial charge in [-0.3, -0.25) is 34.6 Å². The van der Waals surface area contributed by atoms with Crippen LogP contribution in [0.5, 0.6) is 5.75 Å². The number of non-ortho nitro benzene ring substituents is 1. The highest BCUT2D eigenvalue weighted by Crippen LogP contribution is 2.35. The van der Waals surface area contributed by atoms with Gasteiger partial charge in [-0.2, -0.15) is 0 Å². The molecule has 1 aromatic carbocycles. The number of carbonyl (C=O) groups excluding carboxylic acids is 3. The van der Waals surface area contributed by atoms with Crippen LogP contribution < -0.4 is 4.74 Å². The maximum atomic E-state index is 15.3. The van der Waals surface area contributed by atoms with E-state index in [-0.39, 0.29) is 0 Å². The van der Waals surface area contributed by atoms with Gasteiger partial charge in [0.2, 0.25) is 18.2 Å². The van der Waals surface area contributed by atoms with Crippen LogP contribution in [0.1, 0.15) is 20.8 Å². The number of ether oxygens (including phenoxy) is 5. The van der Waals surface area contributed by atoms with E-state index in [1.54, 1.807) is 0 Å². The van der Waals surface area contributed by atoms with Crippen molar-refractivity contribution >= 4 is 29.3 Å². The third-order valence-corrected chi connectivity index (χ3v) is 4.22. The second-order valence-corrected chi connectivity index (χ2v) is 6.72. The van der Waals surface area contributed by atoms with Crippen LogP contribution in [0, 0.1) is 20.2 Å². The van der Waals surface area contributed by atoms with E-state index in [2.05, 4.69) is 0 Å². The van der Waals surface area contributed by atoms with Crippen LogP contribution in [-0.4, -0.2) is 65.1 Å². The first-order chi connectivity index (χ1) is 15.4. The van der Waals surface area contributed by atoms with Crippen molar-refractivity contribution in [2.24, 2.45) is 0 Å². The van der Waals surface area contributed by atoms with Gasteiger partial charge in [0, 0.05) is 26.8 Å². The van der Waals surface area contributed by atoms with Gasteiger partial charge in [-0.1, -0.05) is 0 Å². The standard InChI is InChI=1S/C18H19FN2O12/c1-8(22)29-7-14-16(30-9(2)23)17(31-10(3)24)15(19)18(33-14)32-13-5-4-11(20(25)26)6-12(13)21(27)28/h4-6,14-18H,7H2,1-3H3/t14?,15?,16-,17?,18+/m0/s1. The molecule has 0 aromatic heterocycles. The third-order valence-electron chi connectivity index (χ3n) is 4.22. The van der Waals surface area contributed by atoms with Crippen molar-refractivity contribution in [1.29, 1.82) is 0 Å². The molecule has 14 nitrogen and oxygen atoms in total. The first-order valence-electron chi connectivity index (χ1n) is 9.27. The zero-order chi connectivity index (χ0) is 24.9. The molecule has 2 rings (SSSR count). The Labute approximate surface area is 184 Å². The summed E-state index contributed by atoms with van der Waals surface area (Å²) in [6.07, 6.45) is -9.03. The van der Waals surface area contributed by atoms with Crippen LogP contribution in [-0.2, 0) is 33.3 Å². The van der Waals surface area contributed by atoms with E-state index in [1.807, 2.05) is 0 Å². The summed E-state index contributed by atoms with van der Waals surface area (Å²) in [6, 6.07) is 2.36. The molecule has 0 aliphatic carbocycles. The first-order valence-corrected chi connectivity index (χ1v) is 9.27. The fraction of sp³-hybridized carbons (Fsp3) is 0.500. The summed E-state index contributed by atoms with van der Waals surface area (Å²) in [6.45, 7) is 2.47. The number of nitro groups is 2. The normalized spacial score (nSPS) is 24.3. The monoisotopic (exact) mass is 474 g/mol. The number of esters is 3. The molecular formula is C18H19FN2O12. The van der Waals surface area contributed by atoms with E-state index >= 15 is 4.39 Å². The first kappa shape index (κ1) is 25.4. The summed E-state index contributed by atoms with van der Waals surface area (Å²) in [5.74, 6) is -3.17. The Balaban J connectivity index is 2.42. The molecule has 1 aliphatic heterocycles.